The number of benzene rings is 1. The summed E-state index contributed by atoms with van der Waals surface area (Å²) in [6.07, 6.45) is 12.0. The van der Waals surface area contributed by atoms with Gasteiger partial charge in [-0.3, -0.25) is 14.7 Å². The molecule has 2 aliphatic rings. The van der Waals surface area contributed by atoms with Gasteiger partial charge in [0.1, 0.15) is 0 Å². The van der Waals surface area contributed by atoms with Gasteiger partial charge in [0.25, 0.3) is 0 Å². The normalized spacial score (nSPS) is 21.4. The molecule has 1 N–H and O–H groups in total. The lowest BCUT2D eigenvalue weighted by molar-refractivity contribution is -0.123. The predicted octanol–water partition coefficient (Wildman–Crippen LogP) is 5.63. The molecule has 0 radical (unpaired) electrons. The van der Waals surface area contributed by atoms with E-state index in [2.05, 4.69) is 64.6 Å². The van der Waals surface area contributed by atoms with Crippen LogP contribution in [0.4, 0.5) is 0 Å². The molecule has 2 fully saturated rings. The third-order valence-corrected chi connectivity index (χ3v) is 6.97. The number of pyridine rings is 1. The van der Waals surface area contributed by atoms with Gasteiger partial charge in [0.05, 0.1) is 11.7 Å². The average molecular weight is 432 g/mol. The Kier molecular flexibility index (Phi) is 8.11. The molecule has 1 saturated carbocycles. The number of piperidine rings is 1. The van der Waals surface area contributed by atoms with Gasteiger partial charge < -0.3 is 5.32 Å². The number of nitrogens with one attached hydrogen (secondary N) is 1. The Morgan fingerprint density at radius 1 is 1.09 bits per heavy atom. The Hall–Kier alpha value is -2.46. The van der Waals surface area contributed by atoms with E-state index >= 15 is 0 Å². The third-order valence-electron chi connectivity index (χ3n) is 6.97. The first-order valence-electron chi connectivity index (χ1n) is 12.3. The number of aromatic nitrogens is 1. The smallest absolute Gasteiger partial charge is 0.220 e. The summed E-state index contributed by atoms with van der Waals surface area (Å²) in [6.45, 7) is 5.29. The van der Waals surface area contributed by atoms with E-state index in [1.54, 1.807) is 0 Å². The van der Waals surface area contributed by atoms with E-state index in [9.17, 15) is 4.79 Å². The van der Waals surface area contributed by atoms with Crippen molar-refractivity contribution in [2.75, 3.05) is 19.6 Å². The molecule has 1 amide bonds. The van der Waals surface area contributed by atoms with Crippen LogP contribution in [0.3, 0.4) is 0 Å². The Balaban J connectivity index is 1.42. The first kappa shape index (κ1) is 22.7. The molecule has 0 unspecified atom stereocenters. The van der Waals surface area contributed by atoms with Gasteiger partial charge in [0.15, 0.2) is 0 Å². The molecule has 0 spiro atoms. The third kappa shape index (κ3) is 6.52. The molecule has 1 aromatic heterocycles. The lowest BCUT2D eigenvalue weighted by Crippen LogP contribution is -2.44. The number of carbonyl (C=O) groups is 1. The fourth-order valence-electron chi connectivity index (χ4n) is 5.44. The number of hydrogen-bond acceptors (Lipinski definition) is 3. The van der Waals surface area contributed by atoms with Crippen molar-refractivity contribution >= 4 is 12.0 Å². The van der Waals surface area contributed by atoms with Gasteiger partial charge in [0, 0.05) is 25.7 Å². The maximum atomic E-state index is 12.9. The molecule has 1 aromatic carbocycles. The van der Waals surface area contributed by atoms with Crippen molar-refractivity contribution in [3.63, 3.8) is 0 Å². The lowest BCUT2D eigenvalue weighted by Gasteiger charge is -2.37. The van der Waals surface area contributed by atoms with Crippen LogP contribution in [0.5, 0.6) is 0 Å². The lowest BCUT2D eigenvalue weighted by atomic mass is 9.87. The van der Waals surface area contributed by atoms with Gasteiger partial charge in [-0.1, -0.05) is 60.9 Å². The van der Waals surface area contributed by atoms with Gasteiger partial charge in [-0.15, -0.1) is 0 Å². The molecule has 4 nitrogen and oxygen atoms in total. The standard InChI is InChI=1S/C28H37N3O/c1-22(18-23-10-3-2-4-11-23)20-31-17-9-14-25(21-31)28(26-15-7-8-16-29-26)30-27(32)19-24-12-5-6-13-24/h2-4,7-8,10-11,15-16,18,24-25,28H,5-6,9,12-14,17,19-21H2,1H3,(H,30,32)/b22-18+/t25-,28+/m0/s1. The Labute approximate surface area is 193 Å². The van der Waals surface area contributed by atoms with Crippen LogP contribution >= 0.6 is 0 Å². The number of likely N-dealkylation sites (tertiary alicyclic amines) is 1. The van der Waals surface area contributed by atoms with Gasteiger partial charge in [-0.2, -0.15) is 0 Å². The molecule has 2 atom stereocenters. The summed E-state index contributed by atoms with van der Waals surface area (Å²) in [5.74, 6) is 1.15. The Morgan fingerprint density at radius 3 is 2.62 bits per heavy atom. The summed E-state index contributed by atoms with van der Waals surface area (Å²) < 4.78 is 0. The number of hydrogen-bond donors (Lipinski definition) is 1. The predicted molar refractivity (Wildman–Crippen MR) is 131 cm³/mol. The minimum atomic E-state index is -0.00804. The topological polar surface area (TPSA) is 45.2 Å². The SMILES string of the molecule is C/C(=C\c1ccccc1)CN1CCC[C@H]([C@@H](NC(=O)CC2CCCC2)c2ccccn2)C1. The molecule has 2 heterocycles. The summed E-state index contributed by atoms with van der Waals surface area (Å²) >= 11 is 0. The van der Waals surface area contributed by atoms with Crippen LogP contribution in [-0.2, 0) is 4.79 Å². The van der Waals surface area contributed by atoms with Crippen molar-refractivity contribution in [2.45, 2.75) is 57.9 Å². The zero-order valence-corrected chi connectivity index (χ0v) is 19.4. The zero-order chi connectivity index (χ0) is 22.2. The molecule has 1 aliphatic carbocycles. The molecule has 2 aromatic rings. The second kappa shape index (κ2) is 11.4. The summed E-state index contributed by atoms with van der Waals surface area (Å²) in [5.41, 5.74) is 3.62. The van der Waals surface area contributed by atoms with Gasteiger partial charge >= 0.3 is 0 Å². The first-order valence-corrected chi connectivity index (χ1v) is 12.3. The van der Waals surface area contributed by atoms with Gasteiger partial charge in [-0.25, -0.2) is 0 Å². The molecular formula is C28H37N3O. The zero-order valence-electron chi connectivity index (χ0n) is 19.4. The molecule has 170 valence electrons. The Bertz CT molecular complexity index is 874. The van der Waals surface area contributed by atoms with Crippen molar-refractivity contribution in [2.24, 2.45) is 11.8 Å². The van der Waals surface area contributed by atoms with Gasteiger partial charge in [0.2, 0.25) is 5.91 Å². The van der Waals surface area contributed by atoms with E-state index in [0.717, 1.165) is 38.2 Å². The number of nitrogens with zero attached hydrogens (tertiary/aromatic N) is 2. The fraction of sp³-hybridized carbons (Fsp3) is 0.500. The minimum Gasteiger partial charge on any atom is -0.347 e. The number of amides is 1. The first-order chi connectivity index (χ1) is 15.7. The maximum Gasteiger partial charge on any atom is 0.220 e. The van der Waals surface area contributed by atoms with E-state index in [0.29, 0.717) is 18.3 Å². The van der Waals surface area contributed by atoms with Crippen molar-refractivity contribution in [1.82, 2.24) is 15.2 Å². The van der Waals surface area contributed by atoms with Crippen LogP contribution in [0.25, 0.3) is 6.08 Å². The second-order valence-corrected chi connectivity index (χ2v) is 9.69. The van der Waals surface area contributed by atoms with Crippen LogP contribution < -0.4 is 5.32 Å². The van der Waals surface area contributed by atoms with E-state index in [1.165, 1.54) is 36.8 Å². The van der Waals surface area contributed by atoms with E-state index in [4.69, 9.17) is 0 Å². The highest BCUT2D eigenvalue weighted by Gasteiger charge is 2.31. The van der Waals surface area contributed by atoms with Crippen LogP contribution in [-0.4, -0.2) is 35.4 Å². The van der Waals surface area contributed by atoms with Crippen molar-refractivity contribution < 1.29 is 4.79 Å². The highest BCUT2D eigenvalue weighted by molar-refractivity contribution is 5.76. The molecule has 1 saturated heterocycles. The molecular weight excluding hydrogens is 394 g/mol. The van der Waals surface area contributed by atoms with Crippen LogP contribution in [0.2, 0.25) is 0 Å². The highest BCUT2D eigenvalue weighted by atomic mass is 16.1. The van der Waals surface area contributed by atoms with Crippen LogP contribution in [0.1, 0.15) is 69.2 Å². The second-order valence-electron chi connectivity index (χ2n) is 9.69. The largest absolute Gasteiger partial charge is 0.347 e. The maximum absolute atomic E-state index is 12.9. The molecule has 32 heavy (non-hydrogen) atoms. The van der Waals surface area contributed by atoms with Crippen LogP contribution in [0, 0.1) is 11.8 Å². The molecule has 1 aliphatic heterocycles. The van der Waals surface area contributed by atoms with Crippen molar-refractivity contribution in [1.29, 1.82) is 0 Å². The summed E-state index contributed by atoms with van der Waals surface area (Å²) in [4.78, 5) is 20.1. The monoisotopic (exact) mass is 431 g/mol. The quantitative estimate of drug-likeness (QED) is 0.589. The molecule has 0 bridgehead atoms. The van der Waals surface area contributed by atoms with Crippen LogP contribution in [0.15, 0.2) is 60.3 Å². The number of carbonyl (C=O) groups excluding carboxylic acids is 1. The molecule has 4 rings (SSSR count). The summed E-state index contributed by atoms with van der Waals surface area (Å²) in [7, 11) is 0. The van der Waals surface area contributed by atoms with E-state index < -0.39 is 0 Å². The minimum absolute atomic E-state index is 0.00804. The summed E-state index contributed by atoms with van der Waals surface area (Å²) in [6, 6.07) is 16.6. The average Bonchev–Trinajstić information content (AvgIpc) is 3.32. The molecule has 4 heteroatoms. The Morgan fingerprint density at radius 2 is 1.88 bits per heavy atom. The fourth-order valence-corrected chi connectivity index (χ4v) is 5.44. The van der Waals surface area contributed by atoms with Crippen molar-refractivity contribution in [3.05, 3.63) is 71.6 Å². The van der Waals surface area contributed by atoms with Gasteiger partial charge in [-0.05, 0) is 68.7 Å². The van der Waals surface area contributed by atoms with Crippen molar-refractivity contribution in [3.8, 4) is 0 Å². The summed E-state index contributed by atoms with van der Waals surface area (Å²) in [5, 5.41) is 3.40. The number of rotatable bonds is 8. The van der Waals surface area contributed by atoms with E-state index in [1.807, 2.05) is 18.3 Å². The highest BCUT2D eigenvalue weighted by Crippen LogP contribution is 2.31. The van der Waals surface area contributed by atoms with E-state index in [-0.39, 0.29) is 11.9 Å².